The number of allylic oxidation sites excluding steroid dienone is 3. The minimum atomic E-state index is 0.772. The molecule has 0 radical (unpaired) electrons. The van der Waals surface area contributed by atoms with Gasteiger partial charge >= 0.3 is 0 Å². The summed E-state index contributed by atoms with van der Waals surface area (Å²) < 4.78 is 10.8. The van der Waals surface area contributed by atoms with Gasteiger partial charge in [-0.05, 0) is 20.3 Å². The molecule has 0 aliphatic heterocycles. The summed E-state index contributed by atoms with van der Waals surface area (Å²) in [5.74, 6) is 0. The highest BCUT2D eigenvalue weighted by Gasteiger charge is 2.05. The quantitative estimate of drug-likeness (QED) is 0.378. The van der Waals surface area contributed by atoms with E-state index >= 15 is 0 Å². The number of rotatable bonds is 13. The maximum atomic E-state index is 5.41. The van der Waals surface area contributed by atoms with Crippen LogP contribution in [0.25, 0.3) is 0 Å². The van der Waals surface area contributed by atoms with Crippen molar-refractivity contribution in [2.45, 2.75) is 20.3 Å². The van der Waals surface area contributed by atoms with E-state index in [0.717, 1.165) is 58.1 Å². The van der Waals surface area contributed by atoms with Gasteiger partial charge in [-0.15, -0.1) is 0 Å². The Hall–Kier alpha value is -0.900. The molecule has 19 heavy (non-hydrogen) atoms. The molecule has 0 spiro atoms. The van der Waals surface area contributed by atoms with Crippen molar-refractivity contribution in [1.82, 2.24) is 4.90 Å². The largest absolute Gasteiger partial charge is 0.380 e. The zero-order chi connectivity index (χ0) is 14.3. The Balaban J connectivity index is 3.97. The van der Waals surface area contributed by atoms with Crippen molar-refractivity contribution < 1.29 is 9.47 Å². The standard InChI is InChI=1S/C16H29NO2/c1-5-8-9-16(4)10-11-17(12-14-18-6-2)13-15-19-7-3/h5,8-9H,1,4,6-7,10-15H2,2-3H3. The second kappa shape index (κ2) is 13.5. The zero-order valence-electron chi connectivity index (χ0n) is 12.6. The Morgan fingerprint density at radius 2 is 1.63 bits per heavy atom. The molecule has 0 aromatic carbocycles. The molecule has 0 saturated carbocycles. The Labute approximate surface area is 118 Å². The van der Waals surface area contributed by atoms with Crippen LogP contribution in [0.1, 0.15) is 20.3 Å². The lowest BCUT2D eigenvalue weighted by molar-refractivity contribution is 0.0834. The van der Waals surface area contributed by atoms with Crippen LogP contribution in [0.2, 0.25) is 0 Å². The monoisotopic (exact) mass is 267 g/mol. The van der Waals surface area contributed by atoms with Crippen LogP contribution in [0, 0.1) is 0 Å². The predicted molar refractivity (Wildman–Crippen MR) is 82.5 cm³/mol. The lowest BCUT2D eigenvalue weighted by Crippen LogP contribution is -2.32. The maximum Gasteiger partial charge on any atom is 0.0593 e. The Bertz CT molecular complexity index is 251. The summed E-state index contributed by atoms with van der Waals surface area (Å²) in [7, 11) is 0. The molecule has 110 valence electrons. The van der Waals surface area contributed by atoms with Gasteiger partial charge in [0.1, 0.15) is 0 Å². The Kier molecular flexibility index (Phi) is 12.9. The molecule has 0 aromatic heterocycles. The van der Waals surface area contributed by atoms with Crippen molar-refractivity contribution in [2.75, 3.05) is 46.1 Å². The van der Waals surface area contributed by atoms with Gasteiger partial charge in [-0.3, -0.25) is 4.90 Å². The molecular formula is C16H29NO2. The number of hydrogen-bond acceptors (Lipinski definition) is 3. The highest BCUT2D eigenvalue weighted by atomic mass is 16.5. The van der Waals surface area contributed by atoms with Crippen molar-refractivity contribution in [1.29, 1.82) is 0 Å². The molecular weight excluding hydrogens is 238 g/mol. The fourth-order valence-electron chi connectivity index (χ4n) is 1.60. The van der Waals surface area contributed by atoms with Crippen molar-refractivity contribution in [3.8, 4) is 0 Å². The van der Waals surface area contributed by atoms with Gasteiger partial charge in [0.15, 0.2) is 0 Å². The molecule has 0 saturated heterocycles. The van der Waals surface area contributed by atoms with Gasteiger partial charge in [0, 0.05) is 32.8 Å². The minimum Gasteiger partial charge on any atom is -0.380 e. The van der Waals surface area contributed by atoms with E-state index in [1.54, 1.807) is 6.08 Å². The topological polar surface area (TPSA) is 21.7 Å². The maximum absolute atomic E-state index is 5.41. The van der Waals surface area contributed by atoms with Crippen LogP contribution in [-0.4, -0.2) is 51.0 Å². The summed E-state index contributed by atoms with van der Waals surface area (Å²) >= 11 is 0. The number of ether oxygens (including phenoxy) is 2. The first kappa shape index (κ1) is 18.1. The van der Waals surface area contributed by atoms with E-state index in [0.29, 0.717) is 0 Å². The molecule has 0 rings (SSSR count). The molecule has 0 aromatic rings. The summed E-state index contributed by atoms with van der Waals surface area (Å²) in [5.41, 5.74) is 1.12. The second-order valence-electron chi connectivity index (χ2n) is 4.24. The molecule has 3 nitrogen and oxygen atoms in total. The molecule has 0 aliphatic rings. The summed E-state index contributed by atoms with van der Waals surface area (Å²) in [4.78, 5) is 2.36. The second-order valence-corrected chi connectivity index (χ2v) is 4.24. The highest BCUT2D eigenvalue weighted by Crippen LogP contribution is 2.03. The number of nitrogens with zero attached hydrogens (tertiary/aromatic N) is 1. The first-order valence-corrected chi connectivity index (χ1v) is 7.09. The van der Waals surface area contributed by atoms with E-state index in [4.69, 9.17) is 9.47 Å². The molecule has 0 aliphatic carbocycles. The SMILES string of the molecule is C=CC=CC(=C)CCN(CCOCC)CCOCC. The molecule has 0 atom stereocenters. The molecule has 0 amide bonds. The Morgan fingerprint density at radius 1 is 1.05 bits per heavy atom. The Morgan fingerprint density at radius 3 is 2.11 bits per heavy atom. The first-order chi connectivity index (χ1) is 9.24. The zero-order valence-corrected chi connectivity index (χ0v) is 12.6. The molecule has 0 N–H and O–H groups in total. The fourth-order valence-corrected chi connectivity index (χ4v) is 1.60. The van der Waals surface area contributed by atoms with E-state index in [-0.39, 0.29) is 0 Å². The van der Waals surface area contributed by atoms with E-state index in [9.17, 15) is 0 Å². The van der Waals surface area contributed by atoms with E-state index in [1.807, 2.05) is 26.0 Å². The summed E-state index contributed by atoms with van der Waals surface area (Å²) in [6.07, 6.45) is 6.67. The smallest absolute Gasteiger partial charge is 0.0593 e. The minimum absolute atomic E-state index is 0.772. The van der Waals surface area contributed by atoms with Crippen LogP contribution < -0.4 is 0 Å². The molecule has 0 fully saturated rings. The van der Waals surface area contributed by atoms with Crippen molar-refractivity contribution in [2.24, 2.45) is 0 Å². The van der Waals surface area contributed by atoms with Gasteiger partial charge in [-0.25, -0.2) is 0 Å². The summed E-state index contributed by atoms with van der Waals surface area (Å²) in [6, 6.07) is 0. The fraction of sp³-hybridized carbons (Fsp3) is 0.625. The molecule has 0 unspecified atom stereocenters. The number of hydrogen-bond donors (Lipinski definition) is 0. The van der Waals surface area contributed by atoms with Crippen molar-refractivity contribution in [3.05, 3.63) is 37.0 Å². The average molecular weight is 267 g/mol. The van der Waals surface area contributed by atoms with Crippen molar-refractivity contribution >= 4 is 0 Å². The third-order valence-electron chi connectivity index (χ3n) is 2.73. The third kappa shape index (κ3) is 11.9. The van der Waals surface area contributed by atoms with Crippen LogP contribution in [0.4, 0.5) is 0 Å². The van der Waals surface area contributed by atoms with Gasteiger partial charge in [0.25, 0.3) is 0 Å². The van der Waals surface area contributed by atoms with Gasteiger partial charge in [0.05, 0.1) is 13.2 Å². The molecule has 0 heterocycles. The lowest BCUT2D eigenvalue weighted by Gasteiger charge is -2.22. The van der Waals surface area contributed by atoms with Crippen LogP contribution >= 0.6 is 0 Å². The normalized spacial score (nSPS) is 11.3. The molecule has 0 bridgehead atoms. The van der Waals surface area contributed by atoms with Crippen molar-refractivity contribution in [3.63, 3.8) is 0 Å². The first-order valence-electron chi connectivity index (χ1n) is 7.09. The third-order valence-corrected chi connectivity index (χ3v) is 2.73. The predicted octanol–water partition coefficient (Wildman–Crippen LogP) is 3.05. The van der Waals surface area contributed by atoms with Gasteiger partial charge in [0.2, 0.25) is 0 Å². The van der Waals surface area contributed by atoms with Gasteiger partial charge in [-0.1, -0.05) is 37.0 Å². The van der Waals surface area contributed by atoms with Crippen LogP contribution in [0.15, 0.2) is 37.0 Å². The van der Waals surface area contributed by atoms with E-state index in [1.165, 1.54) is 0 Å². The summed E-state index contributed by atoms with van der Waals surface area (Å²) in [6.45, 7) is 17.7. The average Bonchev–Trinajstić information content (AvgIpc) is 2.42. The van der Waals surface area contributed by atoms with Gasteiger partial charge in [-0.2, -0.15) is 0 Å². The van der Waals surface area contributed by atoms with Gasteiger partial charge < -0.3 is 9.47 Å². The van der Waals surface area contributed by atoms with Crippen LogP contribution in [0.5, 0.6) is 0 Å². The summed E-state index contributed by atoms with van der Waals surface area (Å²) in [5, 5.41) is 0. The molecule has 3 heteroatoms. The van der Waals surface area contributed by atoms with E-state index < -0.39 is 0 Å². The highest BCUT2D eigenvalue weighted by molar-refractivity contribution is 5.18. The lowest BCUT2D eigenvalue weighted by atomic mass is 10.2. The van der Waals surface area contributed by atoms with E-state index in [2.05, 4.69) is 18.1 Å². The van der Waals surface area contributed by atoms with Crippen LogP contribution in [0.3, 0.4) is 0 Å². The van der Waals surface area contributed by atoms with Crippen LogP contribution in [-0.2, 0) is 9.47 Å².